The molecule has 7 nitrogen and oxygen atoms in total. The van der Waals surface area contributed by atoms with E-state index in [-0.39, 0.29) is 18.4 Å². The van der Waals surface area contributed by atoms with E-state index in [0.717, 1.165) is 5.56 Å². The van der Waals surface area contributed by atoms with Crippen molar-refractivity contribution in [1.82, 2.24) is 19.9 Å². The Morgan fingerprint density at radius 1 is 1.23 bits per heavy atom. The molecule has 1 saturated heterocycles. The summed E-state index contributed by atoms with van der Waals surface area (Å²) in [5.41, 5.74) is 8.46. The second kappa shape index (κ2) is 6.82. The van der Waals surface area contributed by atoms with E-state index in [1.165, 1.54) is 0 Å². The Morgan fingerprint density at radius 3 is 2.69 bits per heavy atom. The molecule has 1 fully saturated rings. The largest absolute Gasteiger partial charge is 0.394 e. The second-order valence-electron chi connectivity index (χ2n) is 6.22. The fourth-order valence-electron chi connectivity index (χ4n) is 3.14. The molecule has 4 rings (SSSR count). The first-order chi connectivity index (χ1) is 12.6. The van der Waals surface area contributed by atoms with Crippen LogP contribution in [0.25, 0.3) is 11.2 Å². The molecule has 0 radical (unpaired) electrons. The van der Waals surface area contributed by atoms with Crippen molar-refractivity contribution in [3.05, 3.63) is 47.4 Å². The van der Waals surface area contributed by atoms with Crippen molar-refractivity contribution in [3.8, 4) is 0 Å². The summed E-state index contributed by atoms with van der Waals surface area (Å²) in [5, 5.41) is 8.57. The van der Waals surface area contributed by atoms with Gasteiger partial charge >= 0.3 is 0 Å². The van der Waals surface area contributed by atoms with Gasteiger partial charge in [0.2, 0.25) is 5.95 Å². The Kier molecular flexibility index (Phi) is 4.51. The van der Waals surface area contributed by atoms with Gasteiger partial charge in [0.25, 0.3) is 0 Å². The van der Waals surface area contributed by atoms with Crippen molar-refractivity contribution in [1.29, 1.82) is 0 Å². The molecular weight excluding hydrogens is 357 g/mol. The van der Waals surface area contributed by atoms with Gasteiger partial charge < -0.3 is 20.6 Å². The number of nitrogens with one attached hydrogen (secondary N) is 1. The first kappa shape index (κ1) is 17.2. The van der Waals surface area contributed by atoms with Crippen LogP contribution in [0.5, 0.6) is 0 Å². The summed E-state index contributed by atoms with van der Waals surface area (Å²) in [7, 11) is 0. The number of ether oxygens (including phenoxy) is 1. The molecule has 0 amide bonds. The number of aromatic nitrogens is 4. The predicted molar refractivity (Wildman–Crippen MR) is 97.7 cm³/mol. The first-order valence-corrected chi connectivity index (χ1v) is 8.73. The van der Waals surface area contributed by atoms with Crippen molar-refractivity contribution >= 4 is 29.7 Å². The highest BCUT2D eigenvalue weighted by atomic mass is 32.1. The zero-order valence-electron chi connectivity index (χ0n) is 13.7. The fourth-order valence-corrected chi connectivity index (χ4v) is 3.46. The van der Waals surface area contributed by atoms with Gasteiger partial charge in [0.1, 0.15) is 23.6 Å². The summed E-state index contributed by atoms with van der Waals surface area (Å²) in [5.74, 6) is 0.403. The molecule has 136 valence electrons. The van der Waals surface area contributed by atoms with Gasteiger partial charge in [0.15, 0.2) is 5.65 Å². The molecule has 26 heavy (non-hydrogen) atoms. The monoisotopic (exact) mass is 375 g/mol. The summed E-state index contributed by atoms with van der Waals surface area (Å²) in [6.45, 7) is -0.308. The SMILES string of the molecule is Nc1nc(Cc2ccccc2)c2nc([C@@H]3O[C@H](CO)[C@@H](S)[C@H]3F)[nH]c2n1. The van der Waals surface area contributed by atoms with E-state index in [0.29, 0.717) is 23.3 Å². The Hall–Kier alpha value is -2.23. The minimum absolute atomic E-state index is 0.114. The van der Waals surface area contributed by atoms with Crippen molar-refractivity contribution in [3.63, 3.8) is 0 Å². The lowest BCUT2D eigenvalue weighted by molar-refractivity contribution is -0.00224. The van der Waals surface area contributed by atoms with Crippen LogP contribution in [0.2, 0.25) is 0 Å². The number of rotatable bonds is 4. The minimum Gasteiger partial charge on any atom is -0.394 e. The number of imidazole rings is 1. The number of hydrogen-bond acceptors (Lipinski definition) is 7. The molecule has 3 aromatic rings. The maximum Gasteiger partial charge on any atom is 0.222 e. The number of anilines is 1. The first-order valence-electron chi connectivity index (χ1n) is 8.21. The van der Waals surface area contributed by atoms with Crippen LogP contribution in [0.3, 0.4) is 0 Å². The van der Waals surface area contributed by atoms with E-state index in [9.17, 15) is 9.50 Å². The molecule has 2 aromatic heterocycles. The maximum absolute atomic E-state index is 14.5. The summed E-state index contributed by atoms with van der Waals surface area (Å²) in [6.07, 6.45) is -2.52. The number of nitrogen functional groups attached to an aromatic ring is 1. The molecule has 9 heteroatoms. The normalized spacial score (nSPS) is 25.8. The van der Waals surface area contributed by atoms with Crippen LogP contribution in [-0.2, 0) is 11.2 Å². The molecule has 4 atom stereocenters. The molecule has 4 N–H and O–H groups in total. The highest BCUT2D eigenvalue weighted by Crippen LogP contribution is 2.37. The number of thiol groups is 1. The van der Waals surface area contributed by atoms with Crippen LogP contribution in [-0.4, -0.2) is 49.2 Å². The average molecular weight is 375 g/mol. The minimum atomic E-state index is -1.40. The lowest BCUT2D eigenvalue weighted by atomic mass is 10.1. The number of alkyl halides is 1. The van der Waals surface area contributed by atoms with Crippen molar-refractivity contribution in [2.45, 2.75) is 30.1 Å². The molecule has 1 aliphatic rings. The predicted octanol–water partition coefficient (Wildman–Crippen LogP) is 1.59. The topological polar surface area (TPSA) is 110 Å². The van der Waals surface area contributed by atoms with Gasteiger partial charge in [0, 0.05) is 6.42 Å². The van der Waals surface area contributed by atoms with Crippen LogP contribution < -0.4 is 5.73 Å². The summed E-state index contributed by atoms with van der Waals surface area (Å²) >= 11 is 4.19. The van der Waals surface area contributed by atoms with Crippen LogP contribution in [0.15, 0.2) is 30.3 Å². The van der Waals surface area contributed by atoms with Gasteiger partial charge in [-0.15, -0.1) is 0 Å². The third kappa shape index (κ3) is 3.02. The molecule has 1 aliphatic heterocycles. The Bertz CT molecular complexity index is 922. The summed E-state index contributed by atoms with van der Waals surface area (Å²) in [6, 6.07) is 9.77. The van der Waals surface area contributed by atoms with E-state index in [4.69, 9.17) is 10.5 Å². The van der Waals surface area contributed by atoms with Gasteiger partial charge in [-0.05, 0) is 5.56 Å². The number of nitrogens with zero attached hydrogens (tertiary/aromatic N) is 3. The zero-order chi connectivity index (χ0) is 18.3. The van der Waals surface area contributed by atoms with Gasteiger partial charge in [-0.1, -0.05) is 30.3 Å². The molecule has 0 saturated carbocycles. The molecule has 1 aromatic carbocycles. The number of aliphatic hydroxyl groups is 1. The number of benzene rings is 1. The smallest absolute Gasteiger partial charge is 0.222 e. The van der Waals surface area contributed by atoms with E-state index >= 15 is 0 Å². The maximum atomic E-state index is 14.5. The van der Waals surface area contributed by atoms with Crippen LogP contribution in [0, 0.1) is 0 Å². The third-order valence-electron chi connectivity index (χ3n) is 4.43. The van der Waals surface area contributed by atoms with Crippen LogP contribution in [0.1, 0.15) is 23.2 Å². The lowest BCUT2D eigenvalue weighted by Gasteiger charge is -2.09. The Labute approximate surface area is 154 Å². The van der Waals surface area contributed by atoms with Crippen LogP contribution >= 0.6 is 12.6 Å². The fraction of sp³-hybridized carbons (Fsp3) is 0.353. The van der Waals surface area contributed by atoms with Crippen LogP contribution in [0.4, 0.5) is 10.3 Å². The Balaban J connectivity index is 1.72. The molecule has 0 spiro atoms. The average Bonchev–Trinajstić information content (AvgIpc) is 3.17. The molecule has 0 bridgehead atoms. The summed E-state index contributed by atoms with van der Waals surface area (Å²) in [4.78, 5) is 15.9. The van der Waals surface area contributed by atoms with Crippen molar-refractivity contribution in [2.24, 2.45) is 0 Å². The number of nitrogens with two attached hydrogens (primary N) is 1. The summed E-state index contributed by atoms with van der Waals surface area (Å²) < 4.78 is 20.1. The van der Waals surface area contributed by atoms with Crippen molar-refractivity contribution < 1.29 is 14.2 Å². The highest BCUT2D eigenvalue weighted by Gasteiger charge is 2.45. The second-order valence-corrected chi connectivity index (χ2v) is 6.82. The molecular formula is C17H18FN5O2S. The molecule has 0 aliphatic carbocycles. The standard InChI is InChI=1S/C17H18FN5O2S/c18-11-13(25-10(7-24)14(11)26)16-21-12-9(6-8-4-2-1-3-5-8)20-17(19)23-15(12)22-16/h1-5,10-11,13-14,24,26H,6-7H2,(H3,19,20,21,22,23)/t10-,11+,13-,14-/m1/s1. The number of H-pyrrole nitrogens is 1. The van der Waals surface area contributed by atoms with E-state index in [1.807, 2.05) is 30.3 Å². The third-order valence-corrected chi connectivity index (χ3v) is 5.05. The van der Waals surface area contributed by atoms with E-state index in [1.54, 1.807) is 0 Å². The number of aliphatic hydroxyl groups excluding tert-OH is 1. The van der Waals surface area contributed by atoms with Gasteiger partial charge in [0.05, 0.1) is 23.7 Å². The van der Waals surface area contributed by atoms with E-state index in [2.05, 4.69) is 32.6 Å². The van der Waals surface area contributed by atoms with Gasteiger partial charge in [-0.2, -0.15) is 17.6 Å². The Morgan fingerprint density at radius 2 is 2.00 bits per heavy atom. The lowest BCUT2D eigenvalue weighted by Crippen LogP contribution is -2.25. The van der Waals surface area contributed by atoms with Gasteiger partial charge in [-0.3, -0.25) is 0 Å². The highest BCUT2D eigenvalue weighted by molar-refractivity contribution is 7.81. The van der Waals surface area contributed by atoms with E-state index < -0.39 is 23.6 Å². The number of fused-ring (bicyclic) bond motifs is 1. The quantitative estimate of drug-likeness (QED) is 0.516. The molecule has 0 unspecified atom stereocenters. The number of aromatic amines is 1. The molecule has 3 heterocycles. The zero-order valence-corrected chi connectivity index (χ0v) is 14.6. The number of halogens is 1. The van der Waals surface area contributed by atoms with Gasteiger partial charge in [-0.25, -0.2) is 14.4 Å². The number of hydrogen-bond donors (Lipinski definition) is 4. The van der Waals surface area contributed by atoms with Crippen molar-refractivity contribution in [2.75, 3.05) is 12.3 Å².